The Balaban J connectivity index is 1.98. The lowest BCUT2D eigenvalue weighted by Crippen LogP contribution is -2.07. The zero-order chi connectivity index (χ0) is 13.2. The molecule has 0 amide bonds. The predicted octanol–water partition coefficient (Wildman–Crippen LogP) is 3.23. The number of thiophene rings is 1. The van der Waals surface area contributed by atoms with Crippen LogP contribution in [0.1, 0.15) is 10.4 Å². The average molecular weight is 273 g/mol. The average Bonchev–Trinajstić information content (AvgIpc) is 3.02. The molecular formula is C14H8FNO2S. The third-order valence-corrected chi connectivity index (χ3v) is 3.37. The van der Waals surface area contributed by atoms with Crippen molar-refractivity contribution in [3.63, 3.8) is 0 Å². The normalized spacial score (nSPS) is 16.6. The van der Waals surface area contributed by atoms with Crippen molar-refractivity contribution in [1.82, 2.24) is 0 Å². The molecule has 1 aromatic heterocycles. The van der Waals surface area contributed by atoms with Gasteiger partial charge in [-0.15, -0.1) is 11.3 Å². The number of esters is 1. The summed E-state index contributed by atoms with van der Waals surface area (Å²) in [5, 5.41) is 1.90. The topological polar surface area (TPSA) is 38.7 Å². The van der Waals surface area contributed by atoms with E-state index in [0.717, 1.165) is 4.88 Å². The van der Waals surface area contributed by atoms with Gasteiger partial charge in [-0.05, 0) is 29.7 Å². The molecular weight excluding hydrogens is 265 g/mol. The van der Waals surface area contributed by atoms with E-state index < -0.39 is 11.8 Å². The van der Waals surface area contributed by atoms with Crippen LogP contribution in [0.2, 0.25) is 0 Å². The van der Waals surface area contributed by atoms with E-state index in [1.54, 1.807) is 18.2 Å². The van der Waals surface area contributed by atoms with Crippen molar-refractivity contribution in [3.8, 4) is 0 Å². The van der Waals surface area contributed by atoms with Gasteiger partial charge in [-0.2, -0.15) is 0 Å². The standard InChI is InChI=1S/C14H8FNO2S/c15-11-6-2-1-5-10(11)13-16-12(14(17)18-13)8-9-4-3-7-19-9/h1-8H/b12-8-. The number of cyclic esters (lactones) is 1. The van der Waals surface area contributed by atoms with E-state index in [4.69, 9.17) is 4.74 Å². The third kappa shape index (κ3) is 2.32. The Labute approximate surface area is 112 Å². The van der Waals surface area contributed by atoms with Gasteiger partial charge in [-0.25, -0.2) is 14.2 Å². The maximum Gasteiger partial charge on any atom is 0.363 e. The minimum Gasteiger partial charge on any atom is -0.402 e. The van der Waals surface area contributed by atoms with Crippen LogP contribution in [0.15, 0.2) is 52.5 Å². The molecule has 0 bridgehead atoms. The summed E-state index contributed by atoms with van der Waals surface area (Å²) in [4.78, 5) is 16.6. The Kier molecular flexibility index (Phi) is 2.97. The minimum atomic E-state index is -0.563. The molecule has 19 heavy (non-hydrogen) atoms. The summed E-state index contributed by atoms with van der Waals surface area (Å²) in [6, 6.07) is 9.79. The maximum atomic E-state index is 13.6. The molecule has 0 saturated carbocycles. The monoisotopic (exact) mass is 273 g/mol. The molecule has 2 heterocycles. The van der Waals surface area contributed by atoms with E-state index >= 15 is 0 Å². The van der Waals surface area contributed by atoms with Gasteiger partial charge in [0.15, 0.2) is 5.70 Å². The van der Waals surface area contributed by atoms with Crippen molar-refractivity contribution in [2.75, 3.05) is 0 Å². The number of benzene rings is 1. The van der Waals surface area contributed by atoms with Crippen LogP contribution in [0.3, 0.4) is 0 Å². The summed E-state index contributed by atoms with van der Waals surface area (Å²) in [6.07, 6.45) is 1.63. The van der Waals surface area contributed by atoms with Gasteiger partial charge >= 0.3 is 5.97 Å². The molecule has 3 rings (SSSR count). The first kappa shape index (κ1) is 11.8. The van der Waals surface area contributed by atoms with E-state index in [9.17, 15) is 9.18 Å². The summed E-state index contributed by atoms with van der Waals surface area (Å²) in [5.41, 5.74) is 0.367. The molecule has 1 aliphatic heterocycles. The van der Waals surface area contributed by atoms with Crippen LogP contribution in [0.5, 0.6) is 0 Å². The number of hydrogen-bond donors (Lipinski definition) is 0. The molecule has 3 nitrogen and oxygen atoms in total. The lowest BCUT2D eigenvalue weighted by Gasteiger charge is -1.99. The van der Waals surface area contributed by atoms with E-state index in [2.05, 4.69) is 4.99 Å². The third-order valence-electron chi connectivity index (χ3n) is 2.55. The zero-order valence-electron chi connectivity index (χ0n) is 9.67. The second-order valence-electron chi connectivity index (χ2n) is 3.83. The van der Waals surface area contributed by atoms with Crippen molar-refractivity contribution in [1.29, 1.82) is 0 Å². The molecule has 0 radical (unpaired) electrons. The Morgan fingerprint density at radius 3 is 2.79 bits per heavy atom. The zero-order valence-corrected chi connectivity index (χ0v) is 10.5. The molecule has 0 saturated heterocycles. The highest BCUT2D eigenvalue weighted by atomic mass is 32.1. The van der Waals surface area contributed by atoms with Crippen LogP contribution in [0, 0.1) is 5.82 Å². The highest BCUT2D eigenvalue weighted by Gasteiger charge is 2.25. The van der Waals surface area contributed by atoms with E-state index in [0.29, 0.717) is 0 Å². The molecule has 0 aliphatic carbocycles. The Bertz CT molecular complexity index is 689. The molecule has 2 aromatic rings. The van der Waals surface area contributed by atoms with Gasteiger partial charge < -0.3 is 4.74 Å². The quantitative estimate of drug-likeness (QED) is 0.622. The second-order valence-corrected chi connectivity index (χ2v) is 4.81. The van der Waals surface area contributed by atoms with Crippen molar-refractivity contribution in [3.05, 3.63) is 63.7 Å². The van der Waals surface area contributed by atoms with Gasteiger partial charge in [0.2, 0.25) is 5.90 Å². The number of rotatable bonds is 2. The van der Waals surface area contributed by atoms with Crippen LogP contribution in [0.4, 0.5) is 4.39 Å². The van der Waals surface area contributed by atoms with Crippen LogP contribution < -0.4 is 0 Å². The minimum absolute atomic E-state index is 0.00547. The van der Waals surface area contributed by atoms with Crippen LogP contribution >= 0.6 is 11.3 Å². The van der Waals surface area contributed by atoms with Crippen molar-refractivity contribution in [2.24, 2.45) is 4.99 Å². The van der Waals surface area contributed by atoms with E-state index in [1.807, 2.05) is 17.5 Å². The Morgan fingerprint density at radius 1 is 1.21 bits per heavy atom. The molecule has 0 spiro atoms. The predicted molar refractivity (Wildman–Crippen MR) is 71.3 cm³/mol. The number of carbonyl (C=O) groups is 1. The molecule has 5 heteroatoms. The van der Waals surface area contributed by atoms with Crippen molar-refractivity contribution >= 4 is 29.3 Å². The first-order valence-corrected chi connectivity index (χ1v) is 6.43. The maximum absolute atomic E-state index is 13.6. The highest BCUT2D eigenvalue weighted by molar-refractivity contribution is 7.10. The number of halogens is 1. The summed E-state index contributed by atoms with van der Waals surface area (Å²) in [7, 11) is 0. The van der Waals surface area contributed by atoms with Gasteiger partial charge in [0.1, 0.15) is 5.82 Å². The summed E-state index contributed by atoms with van der Waals surface area (Å²) >= 11 is 1.48. The largest absolute Gasteiger partial charge is 0.402 e. The Hall–Kier alpha value is -2.27. The summed E-state index contributed by atoms with van der Waals surface area (Å²) < 4.78 is 18.6. The molecule has 0 unspecified atom stereocenters. The fourth-order valence-corrected chi connectivity index (χ4v) is 2.32. The molecule has 1 aromatic carbocycles. The summed E-state index contributed by atoms with van der Waals surface area (Å²) in [5.74, 6) is -1.02. The number of ether oxygens (including phenoxy) is 1. The van der Waals surface area contributed by atoms with Crippen LogP contribution in [0.25, 0.3) is 6.08 Å². The van der Waals surface area contributed by atoms with Crippen LogP contribution in [-0.2, 0) is 9.53 Å². The van der Waals surface area contributed by atoms with Crippen molar-refractivity contribution in [2.45, 2.75) is 0 Å². The fourth-order valence-electron chi connectivity index (χ4n) is 1.67. The lowest BCUT2D eigenvalue weighted by molar-refractivity contribution is -0.129. The van der Waals surface area contributed by atoms with Crippen molar-refractivity contribution < 1.29 is 13.9 Å². The molecule has 94 valence electrons. The fraction of sp³-hybridized carbons (Fsp3) is 0. The van der Waals surface area contributed by atoms with E-state index in [1.165, 1.54) is 23.5 Å². The van der Waals surface area contributed by atoms with Gasteiger partial charge in [0, 0.05) is 4.88 Å². The molecule has 0 fully saturated rings. The number of nitrogens with zero attached hydrogens (tertiary/aromatic N) is 1. The molecule has 0 N–H and O–H groups in total. The number of aliphatic imine (C=N–C) groups is 1. The van der Waals surface area contributed by atoms with Crippen LogP contribution in [-0.4, -0.2) is 11.9 Å². The van der Waals surface area contributed by atoms with Gasteiger partial charge in [-0.3, -0.25) is 0 Å². The highest BCUT2D eigenvalue weighted by Crippen LogP contribution is 2.22. The molecule has 1 aliphatic rings. The first-order chi connectivity index (χ1) is 9.24. The second kappa shape index (κ2) is 4.78. The number of carbonyl (C=O) groups excluding carboxylic acids is 1. The van der Waals surface area contributed by atoms with E-state index in [-0.39, 0.29) is 17.2 Å². The molecule has 0 atom stereocenters. The van der Waals surface area contributed by atoms with Gasteiger partial charge in [0.25, 0.3) is 0 Å². The number of hydrogen-bond acceptors (Lipinski definition) is 4. The van der Waals surface area contributed by atoms with Gasteiger partial charge in [0.05, 0.1) is 5.56 Å². The SMILES string of the molecule is O=C1OC(c2ccccc2F)=N/C1=C\c1cccs1. The van der Waals surface area contributed by atoms with Gasteiger partial charge in [-0.1, -0.05) is 18.2 Å². The lowest BCUT2D eigenvalue weighted by atomic mass is 10.2. The summed E-state index contributed by atoms with van der Waals surface area (Å²) in [6.45, 7) is 0. The Morgan fingerprint density at radius 2 is 2.05 bits per heavy atom. The first-order valence-electron chi connectivity index (χ1n) is 5.55. The smallest absolute Gasteiger partial charge is 0.363 e.